The third kappa shape index (κ3) is 6.23. The summed E-state index contributed by atoms with van der Waals surface area (Å²) in [5.74, 6) is -0.580. The number of nitrogens with one attached hydrogen (secondary N) is 2. The van der Waals surface area contributed by atoms with Gasteiger partial charge in [-0.3, -0.25) is 9.59 Å². The average Bonchev–Trinajstić information content (AvgIpc) is 2.99. The predicted octanol–water partition coefficient (Wildman–Crippen LogP) is -1.34. The zero-order chi connectivity index (χ0) is 12.8. The van der Waals surface area contributed by atoms with Gasteiger partial charge in [0, 0.05) is 19.1 Å². The maximum Gasteiger partial charge on any atom is 0.235 e. The van der Waals surface area contributed by atoms with Gasteiger partial charge in [0.25, 0.3) is 0 Å². The number of hydrogen-bond donors (Lipinski definition) is 3. The second-order valence-electron chi connectivity index (χ2n) is 4.76. The molecule has 1 rings (SSSR count). The molecule has 0 aromatic carbocycles. The molecule has 17 heavy (non-hydrogen) atoms. The number of nitrogens with zero attached hydrogens (tertiary/aromatic N) is 1. The molecule has 0 heterocycles. The standard InChI is InChI=1S/C11H22N4O2/c1-15(2)6-5-13-9(11(12)17)7-10(16)14-8-3-4-8/h8-9,13H,3-7H2,1-2H3,(H2,12,17)(H,14,16). The average molecular weight is 242 g/mol. The molecule has 6 nitrogen and oxygen atoms in total. The van der Waals surface area contributed by atoms with Crippen LogP contribution in [0.2, 0.25) is 0 Å². The van der Waals surface area contributed by atoms with Gasteiger partial charge in [0.2, 0.25) is 11.8 Å². The van der Waals surface area contributed by atoms with Gasteiger partial charge in [-0.25, -0.2) is 0 Å². The molecule has 0 bridgehead atoms. The molecule has 4 N–H and O–H groups in total. The molecular weight excluding hydrogens is 220 g/mol. The van der Waals surface area contributed by atoms with Crippen LogP contribution >= 0.6 is 0 Å². The summed E-state index contributed by atoms with van der Waals surface area (Å²) in [6, 6.07) is -0.258. The molecule has 0 aliphatic heterocycles. The van der Waals surface area contributed by atoms with Crippen LogP contribution in [0.5, 0.6) is 0 Å². The number of amides is 2. The van der Waals surface area contributed by atoms with Gasteiger partial charge in [0.05, 0.1) is 12.5 Å². The lowest BCUT2D eigenvalue weighted by Gasteiger charge is -2.17. The Morgan fingerprint density at radius 1 is 1.41 bits per heavy atom. The third-order valence-corrected chi connectivity index (χ3v) is 2.63. The zero-order valence-corrected chi connectivity index (χ0v) is 10.5. The molecule has 0 radical (unpaired) electrons. The van der Waals surface area contributed by atoms with Crippen LogP contribution < -0.4 is 16.4 Å². The van der Waals surface area contributed by atoms with E-state index in [2.05, 4.69) is 10.6 Å². The van der Waals surface area contributed by atoms with E-state index in [1.54, 1.807) is 0 Å². The highest BCUT2D eigenvalue weighted by Crippen LogP contribution is 2.18. The number of rotatable bonds is 8. The minimum absolute atomic E-state index is 0.103. The van der Waals surface area contributed by atoms with Crippen LogP contribution in [0.15, 0.2) is 0 Å². The molecule has 0 spiro atoms. The van der Waals surface area contributed by atoms with Crippen LogP contribution in [0.1, 0.15) is 19.3 Å². The largest absolute Gasteiger partial charge is 0.368 e. The normalized spacial score (nSPS) is 16.9. The van der Waals surface area contributed by atoms with Crippen LogP contribution in [-0.2, 0) is 9.59 Å². The van der Waals surface area contributed by atoms with Crippen molar-refractivity contribution in [1.29, 1.82) is 0 Å². The topological polar surface area (TPSA) is 87.5 Å². The van der Waals surface area contributed by atoms with Crippen molar-refractivity contribution in [2.24, 2.45) is 5.73 Å². The highest BCUT2D eigenvalue weighted by atomic mass is 16.2. The van der Waals surface area contributed by atoms with Crippen molar-refractivity contribution in [3.05, 3.63) is 0 Å². The number of nitrogens with two attached hydrogens (primary N) is 1. The maximum atomic E-state index is 11.5. The lowest BCUT2D eigenvalue weighted by molar-refractivity contribution is -0.126. The summed E-state index contributed by atoms with van der Waals surface area (Å²) >= 11 is 0. The first-order valence-electron chi connectivity index (χ1n) is 5.96. The quantitative estimate of drug-likeness (QED) is 0.491. The van der Waals surface area contributed by atoms with E-state index in [1.807, 2.05) is 19.0 Å². The molecule has 1 unspecified atom stereocenters. The van der Waals surface area contributed by atoms with E-state index in [0.717, 1.165) is 19.4 Å². The Morgan fingerprint density at radius 2 is 2.06 bits per heavy atom. The maximum absolute atomic E-state index is 11.5. The van der Waals surface area contributed by atoms with Crippen molar-refractivity contribution in [3.63, 3.8) is 0 Å². The van der Waals surface area contributed by atoms with E-state index in [0.29, 0.717) is 12.6 Å². The van der Waals surface area contributed by atoms with Gasteiger partial charge < -0.3 is 21.3 Å². The lowest BCUT2D eigenvalue weighted by atomic mass is 10.2. The molecule has 98 valence electrons. The molecule has 1 aliphatic carbocycles. The lowest BCUT2D eigenvalue weighted by Crippen LogP contribution is -2.46. The molecular formula is C11H22N4O2. The second-order valence-corrected chi connectivity index (χ2v) is 4.76. The van der Waals surface area contributed by atoms with Gasteiger partial charge in [-0.2, -0.15) is 0 Å². The van der Waals surface area contributed by atoms with Crippen LogP contribution in [0.3, 0.4) is 0 Å². The molecule has 1 atom stereocenters. The van der Waals surface area contributed by atoms with Crippen LogP contribution in [0.4, 0.5) is 0 Å². The van der Waals surface area contributed by atoms with E-state index in [1.165, 1.54) is 0 Å². The Balaban J connectivity index is 2.26. The van der Waals surface area contributed by atoms with E-state index >= 15 is 0 Å². The molecule has 1 fully saturated rings. The van der Waals surface area contributed by atoms with Gasteiger partial charge in [-0.05, 0) is 26.9 Å². The monoisotopic (exact) mass is 242 g/mol. The molecule has 6 heteroatoms. The summed E-state index contributed by atoms with van der Waals surface area (Å²) < 4.78 is 0. The fraction of sp³-hybridized carbons (Fsp3) is 0.818. The highest BCUT2D eigenvalue weighted by Gasteiger charge is 2.25. The van der Waals surface area contributed by atoms with Gasteiger partial charge in [-0.15, -0.1) is 0 Å². The predicted molar refractivity (Wildman–Crippen MR) is 65.3 cm³/mol. The number of carbonyl (C=O) groups excluding carboxylic acids is 2. The van der Waals surface area contributed by atoms with Crippen molar-refractivity contribution in [3.8, 4) is 0 Å². The fourth-order valence-electron chi connectivity index (χ4n) is 1.44. The minimum Gasteiger partial charge on any atom is -0.368 e. The molecule has 0 aromatic heterocycles. The number of primary amides is 1. The van der Waals surface area contributed by atoms with Gasteiger partial charge in [0.15, 0.2) is 0 Å². The highest BCUT2D eigenvalue weighted by molar-refractivity contribution is 5.87. The van der Waals surface area contributed by atoms with E-state index in [-0.39, 0.29) is 12.3 Å². The summed E-state index contributed by atoms with van der Waals surface area (Å²) in [7, 11) is 3.89. The zero-order valence-electron chi connectivity index (χ0n) is 10.5. The molecule has 2 amide bonds. The smallest absolute Gasteiger partial charge is 0.235 e. The van der Waals surface area contributed by atoms with E-state index in [4.69, 9.17) is 5.73 Å². The Morgan fingerprint density at radius 3 is 2.53 bits per heavy atom. The van der Waals surface area contributed by atoms with Gasteiger partial charge in [-0.1, -0.05) is 0 Å². The SMILES string of the molecule is CN(C)CCNC(CC(=O)NC1CC1)C(N)=O. The van der Waals surface area contributed by atoms with E-state index < -0.39 is 11.9 Å². The number of hydrogen-bond acceptors (Lipinski definition) is 4. The summed E-state index contributed by atoms with van der Waals surface area (Å²) in [5.41, 5.74) is 5.25. The number of carbonyl (C=O) groups is 2. The van der Waals surface area contributed by atoms with Crippen molar-refractivity contribution in [2.75, 3.05) is 27.2 Å². The molecule has 1 aliphatic rings. The van der Waals surface area contributed by atoms with Crippen LogP contribution in [0.25, 0.3) is 0 Å². The van der Waals surface area contributed by atoms with Crippen molar-refractivity contribution < 1.29 is 9.59 Å². The third-order valence-electron chi connectivity index (χ3n) is 2.63. The first-order valence-corrected chi connectivity index (χ1v) is 5.96. The molecule has 1 saturated carbocycles. The minimum atomic E-state index is -0.575. The molecule has 0 aromatic rings. The Bertz CT molecular complexity index is 277. The molecule has 0 saturated heterocycles. The summed E-state index contributed by atoms with van der Waals surface area (Å²) in [6.07, 6.45) is 2.21. The van der Waals surface area contributed by atoms with Crippen molar-refractivity contribution in [2.45, 2.75) is 31.3 Å². The van der Waals surface area contributed by atoms with E-state index in [9.17, 15) is 9.59 Å². The van der Waals surface area contributed by atoms with Gasteiger partial charge >= 0.3 is 0 Å². The first-order chi connectivity index (χ1) is 7.99. The number of likely N-dealkylation sites (N-methyl/N-ethyl adjacent to an activating group) is 1. The Labute approximate surface area is 102 Å². The Hall–Kier alpha value is -1.14. The summed E-state index contributed by atoms with van der Waals surface area (Å²) in [4.78, 5) is 24.7. The van der Waals surface area contributed by atoms with Crippen molar-refractivity contribution in [1.82, 2.24) is 15.5 Å². The second kappa shape index (κ2) is 6.56. The van der Waals surface area contributed by atoms with Crippen LogP contribution in [-0.4, -0.2) is 56.0 Å². The first kappa shape index (κ1) is 13.9. The summed E-state index contributed by atoms with van der Waals surface area (Å²) in [5, 5.41) is 5.84. The fourth-order valence-corrected chi connectivity index (χ4v) is 1.44. The van der Waals surface area contributed by atoms with Crippen molar-refractivity contribution >= 4 is 11.8 Å². The van der Waals surface area contributed by atoms with Crippen LogP contribution in [0, 0.1) is 0 Å². The van der Waals surface area contributed by atoms with Gasteiger partial charge in [0.1, 0.15) is 0 Å². The summed E-state index contributed by atoms with van der Waals surface area (Å²) in [6.45, 7) is 1.44. The Kier molecular flexibility index (Phi) is 5.37.